The second-order valence-corrected chi connectivity index (χ2v) is 8.37. The van der Waals surface area contributed by atoms with Gasteiger partial charge in [0.15, 0.2) is 0 Å². The molecule has 2 aliphatic heterocycles. The molecule has 0 spiro atoms. The van der Waals surface area contributed by atoms with E-state index in [1.54, 1.807) is 23.9 Å². The molecule has 0 aromatic heterocycles. The highest BCUT2D eigenvalue weighted by Gasteiger charge is 2.38. The fourth-order valence-corrected chi connectivity index (χ4v) is 4.07. The molecule has 0 radical (unpaired) electrons. The zero-order valence-corrected chi connectivity index (χ0v) is 18.0. The summed E-state index contributed by atoms with van der Waals surface area (Å²) in [6, 6.07) is 5.95. The molecule has 1 aromatic rings. The number of likely N-dealkylation sites (N-methyl/N-ethyl adjacent to an activating group) is 1. The van der Waals surface area contributed by atoms with Crippen LogP contribution in [0, 0.1) is 19.8 Å². The van der Waals surface area contributed by atoms with Gasteiger partial charge in [-0.2, -0.15) is 0 Å². The number of rotatable bonds is 4. The van der Waals surface area contributed by atoms with Crippen molar-refractivity contribution in [1.82, 2.24) is 14.7 Å². The summed E-state index contributed by atoms with van der Waals surface area (Å²) in [4.78, 5) is 45.1. The van der Waals surface area contributed by atoms with Gasteiger partial charge in [0.1, 0.15) is 0 Å². The predicted molar refractivity (Wildman–Crippen MR) is 113 cm³/mol. The van der Waals surface area contributed by atoms with Crippen molar-refractivity contribution in [2.75, 3.05) is 58.3 Å². The highest BCUT2D eigenvalue weighted by atomic mass is 16.2. The lowest BCUT2D eigenvalue weighted by atomic mass is 10.1. The fourth-order valence-electron chi connectivity index (χ4n) is 4.07. The molecule has 1 unspecified atom stereocenters. The molecule has 2 heterocycles. The molecule has 7 heteroatoms. The second-order valence-electron chi connectivity index (χ2n) is 8.37. The van der Waals surface area contributed by atoms with E-state index in [1.165, 1.54) is 0 Å². The molecule has 1 aromatic carbocycles. The Morgan fingerprint density at radius 3 is 2.59 bits per heavy atom. The maximum Gasteiger partial charge on any atom is 0.236 e. The second kappa shape index (κ2) is 8.95. The molecule has 2 aliphatic rings. The predicted octanol–water partition coefficient (Wildman–Crippen LogP) is 1.28. The maximum atomic E-state index is 13.1. The number of aryl methyl sites for hydroxylation is 1. The van der Waals surface area contributed by atoms with E-state index >= 15 is 0 Å². The van der Waals surface area contributed by atoms with Crippen LogP contribution in [0.15, 0.2) is 18.2 Å². The lowest BCUT2D eigenvalue weighted by Crippen LogP contribution is -2.41. The molecule has 0 N–H and O–H groups in total. The monoisotopic (exact) mass is 400 g/mol. The summed E-state index contributed by atoms with van der Waals surface area (Å²) >= 11 is 0. The molecule has 158 valence electrons. The van der Waals surface area contributed by atoms with Crippen molar-refractivity contribution in [2.24, 2.45) is 5.92 Å². The quantitative estimate of drug-likeness (QED) is 0.764. The standard InChI is InChI=1S/C22H32N4O3/c1-16-7-5-8-19(17(16)2)26-14-18(13-20(26)27)22(29)25-10-6-9-24(11-12-25)15-21(28)23(3)4/h5,7-8,18H,6,9-15H2,1-4H3. The molecular weight excluding hydrogens is 368 g/mol. The summed E-state index contributed by atoms with van der Waals surface area (Å²) in [7, 11) is 3.52. The number of benzene rings is 1. The first kappa shape index (κ1) is 21.3. The normalized spacial score (nSPS) is 20.7. The molecule has 0 saturated carbocycles. The number of amides is 3. The minimum Gasteiger partial charge on any atom is -0.348 e. The van der Waals surface area contributed by atoms with Crippen LogP contribution in [0.2, 0.25) is 0 Å². The lowest BCUT2D eigenvalue weighted by molar-refractivity contribution is -0.135. The Morgan fingerprint density at radius 1 is 1.10 bits per heavy atom. The third-order valence-corrected chi connectivity index (χ3v) is 6.10. The van der Waals surface area contributed by atoms with Crippen LogP contribution in [0.3, 0.4) is 0 Å². The van der Waals surface area contributed by atoms with Gasteiger partial charge in [-0.25, -0.2) is 0 Å². The van der Waals surface area contributed by atoms with Gasteiger partial charge in [-0.15, -0.1) is 0 Å². The average molecular weight is 401 g/mol. The average Bonchev–Trinajstić information content (AvgIpc) is 2.91. The molecule has 7 nitrogen and oxygen atoms in total. The number of carbonyl (C=O) groups excluding carboxylic acids is 3. The van der Waals surface area contributed by atoms with Crippen LogP contribution in [0.1, 0.15) is 24.0 Å². The van der Waals surface area contributed by atoms with Gasteiger partial charge >= 0.3 is 0 Å². The molecule has 2 saturated heterocycles. The van der Waals surface area contributed by atoms with E-state index in [9.17, 15) is 14.4 Å². The van der Waals surface area contributed by atoms with Crippen molar-refractivity contribution in [2.45, 2.75) is 26.7 Å². The minimum atomic E-state index is -0.294. The van der Waals surface area contributed by atoms with E-state index in [0.29, 0.717) is 32.7 Å². The Kier molecular flexibility index (Phi) is 6.57. The molecule has 0 bridgehead atoms. The third kappa shape index (κ3) is 4.78. The van der Waals surface area contributed by atoms with Crippen LogP contribution in [0.5, 0.6) is 0 Å². The number of hydrogen-bond acceptors (Lipinski definition) is 4. The van der Waals surface area contributed by atoms with Crippen LogP contribution >= 0.6 is 0 Å². The largest absolute Gasteiger partial charge is 0.348 e. The highest BCUT2D eigenvalue weighted by Crippen LogP contribution is 2.30. The Labute approximate surface area is 173 Å². The molecule has 3 rings (SSSR count). The number of hydrogen-bond donors (Lipinski definition) is 0. The van der Waals surface area contributed by atoms with Gasteiger partial charge < -0.3 is 14.7 Å². The van der Waals surface area contributed by atoms with Crippen LogP contribution < -0.4 is 4.90 Å². The maximum absolute atomic E-state index is 13.1. The number of carbonyl (C=O) groups is 3. The van der Waals surface area contributed by atoms with Crippen molar-refractivity contribution in [1.29, 1.82) is 0 Å². The zero-order chi connectivity index (χ0) is 21.1. The Bertz CT molecular complexity index is 792. The van der Waals surface area contributed by atoms with Crippen molar-refractivity contribution >= 4 is 23.4 Å². The topological polar surface area (TPSA) is 64.2 Å². The van der Waals surface area contributed by atoms with Gasteiger partial charge in [0, 0.05) is 58.9 Å². The first-order valence-electron chi connectivity index (χ1n) is 10.4. The Morgan fingerprint density at radius 2 is 1.86 bits per heavy atom. The highest BCUT2D eigenvalue weighted by molar-refractivity contribution is 6.01. The number of anilines is 1. The molecular formula is C22H32N4O3. The van der Waals surface area contributed by atoms with Crippen molar-refractivity contribution in [3.63, 3.8) is 0 Å². The van der Waals surface area contributed by atoms with E-state index in [0.717, 1.165) is 29.8 Å². The number of nitrogens with zero attached hydrogens (tertiary/aromatic N) is 4. The van der Waals surface area contributed by atoms with Crippen LogP contribution in [-0.4, -0.2) is 85.8 Å². The van der Waals surface area contributed by atoms with Gasteiger partial charge in [0.25, 0.3) is 0 Å². The first-order chi connectivity index (χ1) is 13.8. The summed E-state index contributed by atoms with van der Waals surface area (Å²) in [5, 5.41) is 0. The molecule has 3 amide bonds. The first-order valence-corrected chi connectivity index (χ1v) is 10.4. The van der Waals surface area contributed by atoms with Crippen molar-refractivity contribution in [3.8, 4) is 0 Å². The van der Waals surface area contributed by atoms with E-state index < -0.39 is 0 Å². The van der Waals surface area contributed by atoms with Gasteiger partial charge in [-0.3, -0.25) is 19.3 Å². The Hall–Kier alpha value is -2.41. The van der Waals surface area contributed by atoms with E-state index in [-0.39, 0.29) is 30.1 Å². The zero-order valence-electron chi connectivity index (χ0n) is 18.0. The fraction of sp³-hybridized carbons (Fsp3) is 0.591. The smallest absolute Gasteiger partial charge is 0.236 e. The van der Waals surface area contributed by atoms with E-state index in [2.05, 4.69) is 4.90 Å². The van der Waals surface area contributed by atoms with Crippen LogP contribution in [0.4, 0.5) is 5.69 Å². The van der Waals surface area contributed by atoms with Gasteiger partial charge in [-0.1, -0.05) is 12.1 Å². The van der Waals surface area contributed by atoms with Crippen molar-refractivity contribution < 1.29 is 14.4 Å². The van der Waals surface area contributed by atoms with E-state index in [1.807, 2.05) is 36.9 Å². The summed E-state index contributed by atoms with van der Waals surface area (Å²) < 4.78 is 0. The van der Waals surface area contributed by atoms with E-state index in [4.69, 9.17) is 0 Å². The van der Waals surface area contributed by atoms with Gasteiger partial charge in [-0.05, 0) is 37.5 Å². The third-order valence-electron chi connectivity index (χ3n) is 6.10. The minimum absolute atomic E-state index is 0.0186. The summed E-state index contributed by atoms with van der Waals surface area (Å²) in [6.45, 7) is 7.66. The van der Waals surface area contributed by atoms with Crippen LogP contribution in [-0.2, 0) is 14.4 Å². The molecule has 0 aliphatic carbocycles. The van der Waals surface area contributed by atoms with Gasteiger partial charge in [0.05, 0.1) is 12.5 Å². The van der Waals surface area contributed by atoms with Crippen LogP contribution in [0.25, 0.3) is 0 Å². The molecule has 2 fully saturated rings. The summed E-state index contributed by atoms with van der Waals surface area (Å²) in [6.07, 6.45) is 1.11. The molecule has 1 atom stereocenters. The lowest BCUT2D eigenvalue weighted by Gasteiger charge is -2.25. The SMILES string of the molecule is Cc1cccc(N2CC(C(=O)N3CCCN(CC(=O)N(C)C)CC3)CC2=O)c1C. The van der Waals surface area contributed by atoms with Crippen molar-refractivity contribution in [3.05, 3.63) is 29.3 Å². The Balaban J connectivity index is 1.62. The summed E-state index contributed by atoms with van der Waals surface area (Å²) in [5.41, 5.74) is 3.14. The van der Waals surface area contributed by atoms with Gasteiger partial charge in [0.2, 0.25) is 17.7 Å². The summed E-state index contributed by atoms with van der Waals surface area (Å²) in [5.74, 6) is -0.135. The molecule has 29 heavy (non-hydrogen) atoms.